The first-order valence-corrected chi connectivity index (χ1v) is 4.89. The van der Waals surface area contributed by atoms with Crippen molar-refractivity contribution in [3.63, 3.8) is 0 Å². The number of carbonyl (C=O) groups is 2. The van der Waals surface area contributed by atoms with Gasteiger partial charge < -0.3 is 0 Å². The quantitative estimate of drug-likeness (QED) is 0.731. The summed E-state index contributed by atoms with van der Waals surface area (Å²) in [4.78, 5) is 35.7. The number of anilines is 1. The molecule has 82 valence electrons. The molecule has 0 fully saturated rings. The number of aliphatic imine (C=N–C) groups is 1. The molecule has 17 heavy (non-hydrogen) atoms. The van der Waals surface area contributed by atoms with Crippen molar-refractivity contribution in [3.05, 3.63) is 30.6 Å². The molecule has 1 aromatic heterocycles. The molecular formula is C11H6N4O2. The number of hydrogen-bond donors (Lipinski definition) is 0. The Morgan fingerprint density at radius 3 is 2.65 bits per heavy atom. The summed E-state index contributed by atoms with van der Waals surface area (Å²) >= 11 is 0. The maximum atomic E-state index is 11.5. The Bertz CT molecular complexity index is 642. The molecule has 1 aromatic carbocycles. The van der Waals surface area contributed by atoms with Gasteiger partial charge in [0.15, 0.2) is 0 Å². The van der Waals surface area contributed by atoms with Crippen molar-refractivity contribution in [2.24, 2.45) is 4.99 Å². The maximum Gasteiger partial charge on any atom is 0.355 e. The van der Waals surface area contributed by atoms with Crippen molar-refractivity contribution in [2.75, 3.05) is 4.90 Å². The number of urea groups is 1. The standard InChI is InChI=1S/C11H6N4O2/c16-9-6-14-11(17)15(9)8-3-1-2-7-10(8)13-5-4-12-7/h1-6H. The Kier molecular flexibility index (Phi) is 1.94. The van der Waals surface area contributed by atoms with E-state index < -0.39 is 11.9 Å². The summed E-state index contributed by atoms with van der Waals surface area (Å²) in [5.74, 6) is -0.465. The molecular weight excluding hydrogens is 220 g/mol. The highest BCUT2D eigenvalue weighted by Crippen LogP contribution is 2.25. The molecule has 0 N–H and O–H groups in total. The summed E-state index contributed by atoms with van der Waals surface area (Å²) < 4.78 is 0. The molecule has 0 unspecified atom stereocenters. The number of para-hydroxylation sites is 1. The van der Waals surface area contributed by atoms with Gasteiger partial charge in [-0.05, 0) is 12.1 Å². The van der Waals surface area contributed by atoms with E-state index in [4.69, 9.17) is 0 Å². The van der Waals surface area contributed by atoms with E-state index in [2.05, 4.69) is 15.0 Å². The van der Waals surface area contributed by atoms with Crippen LogP contribution in [0, 0.1) is 0 Å². The Hall–Kier alpha value is -2.63. The number of imide groups is 1. The second kappa shape index (κ2) is 3.44. The topological polar surface area (TPSA) is 75.5 Å². The van der Waals surface area contributed by atoms with Crippen LogP contribution in [0.2, 0.25) is 0 Å². The molecule has 0 aliphatic carbocycles. The van der Waals surface area contributed by atoms with E-state index in [-0.39, 0.29) is 0 Å². The van der Waals surface area contributed by atoms with Crippen LogP contribution < -0.4 is 4.90 Å². The van der Waals surface area contributed by atoms with Gasteiger partial charge in [0.25, 0.3) is 5.91 Å². The fraction of sp³-hybridized carbons (Fsp3) is 0. The highest BCUT2D eigenvalue weighted by atomic mass is 16.2. The van der Waals surface area contributed by atoms with E-state index in [0.717, 1.165) is 11.1 Å². The third-order valence-corrected chi connectivity index (χ3v) is 2.42. The minimum absolute atomic E-state index is 0.406. The van der Waals surface area contributed by atoms with Crippen molar-refractivity contribution >= 4 is 34.9 Å². The Labute approximate surface area is 95.6 Å². The number of fused-ring (bicyclic) bond motifs is 1. The third kappa shape index (κ3) is 1.38. The molecule has 0 radical (unpaired) electrons. The molecule has 3 amide bonds. The van der Waals surface area contributed by atoms with Crippen LogP contribution in [0.3, 0.4) is 0 Å². The van der Waals surface area contributed by atoms with E-state index in [1.54, 1.807) is 24.4 Å². The molecule has 3 rings (SSSR count). The van der Waals surface area contributed by atoms with Crippen LogP contribution in [0.4, 0.5) is 10.5 Å². The number of hydrogen-bond acceptors (Lipinski definition) is 4. The molecule has 0 atom stereocenters. The molecule has 1 aliphatic rings. The molecule has 1 aliphatic heterocycles. The van der Waals surface area contributed by atoms with Crippen molar-refractivity contribution in [1.82, 2.24) is 9.97 Å². The second-order valence-corrected chi connectivity index (χ2v) is 3.42. The average Bonchev–Trinajstić information content (AvgIpc) is 2.69. The van der Waals surface area contributed by atoms with Crippen LogP contribution in [0.5, 0.6) is 0 Å². The predicted octanol–water partition coefficient (Wildman–Crippen LogP) is 1.17. The smallest absolute Gasteiger partial charge is 0.267 e. The number of benzene rings is 1. The van der Waals surface area contributed by atoms with E-state index in [9.17, 15) is 9.59 Å². The number of rotatable bonds is 1. The van der Waals surface area contributed by atoms with Crippen LogP contribution in [0.1, 0.15) is 0 Å². The van der Waals surface area contributed by atoms with Gasteiger partial charge in [0.2, 0.25) is 0 Å². The fourth-order valence-electron chi connectivity index (χ4n) is 1.70. The molecule has 6 nitrogen and oxygen atoms in total. The fourth-order valence-corrected chi connectivity index (χ4v) is 1.70. The number of aromatic nitrogens is 2. The summed E-state index contributed by atoms with van der Waals surface area (Å²) in [5, 5.41) is 0. The number of nitrogens with zero attached hydrogens (tertiary/aromatic N) is 4. The van der Waals surface area contributed by atoms with Gasteiger partial charge in [0, 0.05) is 12.4 Å². The summed E-state index contributed by atoms with van der Waals surface area (Å²) in [6, 6.07) is 4.51. The summed E-state index contributed by atoms with van der Waals surface area (Å²) in [6.45, 7) is 0. The minimum atomic E-state index is -0.604. The number of carbonyl (C=O) groups excluding carboxylic acids is 2. The van der Waals surface area contributed by atoms with Gasteiger partial charge in [-0.1, -0.05) is 6.07 Å². The van der Waals surface area contributed by atoms with Gasteiger partial charge in [0.05, 0.1) is 17.4 Å². The van der Waals surface area contributed by atoms with Crippen molar-refractivity contribution in [2.45, 2.75) is 0 Å². The summed E-state index contributed by atoms with van der Waals surface area (Å²) in [7, 11) is 0. The Balaban J connectivity index is 2.24. The molecule has 6 heteroatoms. The predicted molar refractivity (Wildman–Crippen MR) is 60.9 cm³/mol. The van der Waals surface area contributed by atoms with Crippen molar-refractivity contribution in [1.29, 1.82) is 0 Å². The zero-order chi connectivity index (χ0) is 11.8. The molecule has 0 saturated heterocycles. The van der Waals surface area contributed by atoms with Gasteiger partial charge in [-0.25, -0.2) is 9.69 Å². The Morgan fingerprint density at radius 2 is 1.88 bits per heavy atom. The van der Waals surface area contributed by atoms with Gasteiger partial charge in [-0.3, -0.25) is 14.8 Å². The van der Waals surface area contributed by atoms with E-state index >= 15 is 0 Å². The van der Waals surface area contributed by atoms with E-state index in [0.29, 0.717) is 16.7 Å². The zero-order valence-electron chi connectivity index (χ0n) is 8.57. The van der Waals surface area contributed by atoms with E-state index in [1.165, 1.54) is 6.20 Å². The molecule has 0 saturated carbocycles. The summed E-state index contributed by atoms with van der Waals surface area (Å²) in [5.41, 5.74) is 1.53. The van der Waals surface area contributed by atoms with Gasteiger partial charge >= 0.3 is 6.03 Å². The highest BCUT2D eigenvalue weighted by molar-refractivity contribution is 6.45. The lowest BCUT2D eigenvalue weighted by molar-refractivity contribution is -0.111. The van der Waals surface area contributed by atoms with Crippen molar-refractivity contribution < 1.29 is 9.59 Å². The third-order valence-electron chi connectivity index (χ3n) is 2.42. The van der Waals surface area contributed by atoms with Crippen LogP contribution in [-0.4, -0.2) is 28.1 Å². The van der Waals surface area contributed by atoms with Crippen LogP contribution in [0.15, 0.2) is 35.6 Å². The highest BCUT2D eigenvalue weighted by Gasteiger charge is 2.28. The molecule has 2 heterocycles. The second-order valence-electron chi connectivity index (χ2n) is 3.42. The lowest BCUT2D eigenvalue weighted by Gasteiger charge is -2.13. The lowest BCUT2D eigenvalue weighted by Crippen LogP contribution is -2.30. The first kappa shape index (κ1) is 9.59. The Morgan fingerprint density at radius 1 is 1.06 bits per heavy atom. The van der Waals surface area contributed by atoms with Crippen LogP contribution >= 0.6 is 0 Å². The van der Waals surface area contributed by atoms with Gasteiger partial charge in [-0.15, -0.1) is 0 Å². The largest absolute Gasteiger partial charge is 0.355 e. The van der Waals surface area contributed by atoms with Crippen molar-refractivity contribution in [3.8, 4) is 0 Å². The SMILES string of the molecule is O=C1C=NC(=O)N1c1cccc2nccnc12. The maximum absolute atomic E-state index is 11.5. The average molecular weight is 226 g/mol. The zero-order valence-corrected chi connectivity index (χ0v) is 8.57. The first-order chi connectivity index (χ1) is 8.27. The summed E-state index contributed by atoms with van der Waals surface area (Å²) in [6.07, 6.45) is 4.06. The number of amides is 3. The molecule has 0 bridgehead atoms. The molecule has 2 aromatic rings. The lowest BCUT2D eigenvalue weighted by atomic mass is 10.2. The van der Waals surface area contributed by atoms with E-state index in [1.807, 2.05) is 0 Å². The van der Waals surface area contributed by atoms with Crippen LogP contribution in [0.25, 0.3) is 11.0 Å². The first-order valence-electron chi connectivity index (χ1n) is 4.89. The van der Waals surface area contributed by atoms with Gasteiger partial charge in [0.1, 0.15) is 5.52 Å². The normalized spacial score (nSPS) is 14.9. The van der Waals surface area contributed by atoms with Gasteiger partial charge in [-0.2, -0.15) is 4.99 Å². The molecule has 0 spiro atoms. The minimum Gasteiger partial charge on any atom is -0.267 e. The van der Waals surface area contributed by atoms with Crippen LogP contribution in [-0.2, 0) is 4.79 Å². The monoisotopic (exact) mass is 226 g/mol.